The second kappa shape index (κ2) is 7.02. The smallest absolute Gasteiger partial charge is 0.246 e. The number of nitrogens with zero attached hydrogens (tertiary/aromatic N) is 1. The summed E-state index contributed by atoms with van der Waals surface area (Å²) in [4.78, 5) is 13.2. The fourth-order valence-corrected chi connectivity index (χ4v) is 2.82. The second-order valence-electron chi connectivity index (χ2n) is 5.91. The molecule has 2 rings (SSSR count). The van der Waals surface area contributed by atoms with Crippen LogP contribution >= 0.6 is 0 Å². The van der Waals surface area contributed by atoms with Crippen molar-refractivity contribution in [2.75, 3.05) is 19.6 Å². The highest BCUT2D eigenvalue weighted by atomic mass is 16.3. The van der Waals surface area contributed by atoms with Gasteiger partial charge in [-0.2, -0.15) is 0 Å². The fraction of sp³-hybridized carbons (Fsp3) is 0.562. The van der Waals surface area contributed by atoms with E-state index in [1.54, 1.807) is 0 Å². The lowest BCUT2D eigenvalue weighted by Crippen LogP contribution is -2.43. The van der Waals surface area contributed by atoms with E-state index in [0.717, 1.165) is 31.5 Å². The maximum Gasteiger partial charge on any atom is 0.246 e. The molecule has 0 saturated carbocycles. The minimum Gasteiger partial charge on any atom is -0.387 e. The summed E-state index contributed by atoms with van der Waals surface area (Å²) in [5, 5.41) is 19.9. The standard InChI is InChI=1S/C16H24N2O3/c1-11-2-4-12(5-3-11)14(19)10-18-8-6-13(7-9-18)15(20)16(17)21/h2-5,13-15,19-20H,6-10H2,1H3,(H2,17,21)/t14-,15-/m0/s1. The molecular weight excluding hydrogens is 268 g/mol. The third-order valence-corrected chi connectivity index (χ3v) is 4.26. The van der Waals surface area contributed by atoms with E-state index in [1.807, 2.05) is 31.2 Å². The normalized spacial score (nSPS) is 20.1. The monoisotopic (exact) mass is 292 g/mol. The predicted molar refractivity (Wildman–Crippen MR) is 80.5 cm³/mol. The molecule has 1 aromatic carbocycles. The Kier molecular flexibility index (Phi) is 5.33. The summed E-state index contributed by atoms with van der Waals surface area (Å²) in [5.41, 5.74) is 7.22. The summed E-state index contributed by atoms with van der Waals surface area (Å²) < 4.78 is 0. The van der Waals surface area contributed by atoms with E-state index in [-0.39, 0.29) is 5.92 Å². The molecule has 0 unspecified atom stereocenters. The minimum atomic E-state index is -1.05. The Bertz CT molecular complexity index is 467. The van der Waals surface area contributed by atoms with Crippen LogP contribution in [0.4, 0.5) is 0 Å². The summed E-state index contributed by atoms with van der Waals surface area (Å²) in [6, 6.07) is 7.88. The van der Waals surface area contributed by atoms with Gasteiger partial charge in [0, 0.05) is 6.54 Å². The van der Waals surface area contributed by atoms with E-state index in [4.69, 9.17) is 5.73 Å². The first-order valence-corrected chi connectivity index (χ1v) is 7.41. The predicted octanol–water partition coefficient (Wildman–Crippen LogP) is 0.587. The van der Waals surface area contributed by atoms with E-state index in [1.165, 1.54) is 5.56 Å². The molecule has 0 spiro atoms. The van der Waals surface area contributed by atoms with Crippen LogP contribution in [0.5, 0.6) is 0 Å². The number of piperidine rings is 1. The van der Waals surface area contributed by atoms with Crippen LogP contribution in [0.25, 0.3) is 0 Å². The lowest BCUT2D eigenvalue weighted by atomic mass is 9.90. The number of hydrogen-bond acceptors (Lipinski definition) is 4. The van der Waals surface area contributed by atoms with Crippen LogP contribution in [0.15, 0.2) is 24.3 Å². The summed E-state index contributed by atoms with van der Waals surface area (Å²) in [5.74, 6) is -0.705. The molecule has 21 heavy (non-hydrogen) atoms. The van der Waals surface area contributed by atoms with E-state index < -0.39 is 18.1 Å². The number of rotatable bonds is 5. The molecule has 2 atom stereocenters. The average molecular weight is 292 g/mol. The summed E-state index contributed by atoms with van der Waals surface area (Å²) in [7, 11) is 0. The molecule has 1 aliphatic rings. The summed E-state index contributed by atoms with van der Waals surface area (Å²) in [6.45, 7) is 4.11. The Morgan fingerprint density at radius 1 is 1.29 bits per heavy atom. The lowest BCUT2D eigenvalue weighted by molar-refractivity contribution is -0.129. The average Bonchev–Trinajstić information content (AvgIpc) is 2.47. The van der Waals surface area contributed by atoms with Crippen LogP contribution < -0.4 is 5.73 Å². The molecule has 1 aliphatic heterocycles. The van der Waals surface area contributed by atoms with E-state index >= 15 is 0 Å². The largest absolute Gasteiger partial charge is 0.387 e. The first kappa shape index (κ1) is 15.9. The number of aliphatic hydroxyl groups is 2. The van der Waals surface area contributed by atoms with Gasteiger partial charge < -0.3 is 20.8 Å². The summed E-state index contributed by atoms with van der Waals surface area (Å²) in [6.07, 6.45) is -0.104. The van der Waals surface area contributed by atoms with Gasteiger partial charge in [-0.3, -0.25) is 4.79 Å². The molecule has 0 aromatic heterocycles. The first-order chi connectivity index (χ1) is 9.97. The first-order valence-electron chi connectivity index (χ1n) is 7.41. The molecule has 5 heteroatoms. The highest BCUT2D eigenvalue weighted by molar-refractivity contribution is 5.78. The third kappa shape index (κ3) is 4.27. The van der Waals surface area contributed by atoms with Gasteiger partial charge in [0.15, 0.2) is 0 Å². The van der Waals surface area contributed by atoms with E-state index in [9.17, 15) is 15.0 Å². The topological polar surface area (TPSA) is 86.8 Å². The number of nitrogens with two attached hydrogens (primary N) is 1. The second-order valence-corrected chi connectivity index (χ2v) is 5.91. The Labute approximate surface area is 125 Å². The molecule has 116 valence electrons. The summed E-state index contributed by atoms with van der Waals surface area (Å²) >= 11 is 0. The zero-order valence-corrected chi connectivity index (χ0v) is 12.4. The Morgan fingerprint density at radius 3 is 2.38 bits per heavy atom. The highest BCUT2D eigenvalue weighted by Crippen LogP contribution is 2.23. The number of aryl methyl sites for hydroxylation is 1. The molecule has 4 N–H and O–H groups in total. The van der Waals surface area contributed by atoms with Crippen molar-refractivity contribution in [2.24, 2.45) is 11.7 Å². The van der Waals surface area contributed by atoms with E-state index in [0.29, 0.717) is 6.54 Å². The molecule has 1 fully saturated rings. The van der Waals surface area contributed by atoms with Gasteiger partial charge >= 0.3 is 0 Å². The van der Waals surface area contributed by atoms with Crippen LogP contribution in [-0.2, 0) is 4.79 Å². The fourth-order valence-electron chi connectivity index (χ4n) is 2.82. The highest BCUT2D eigenvalue weighted by Gasteiger charge is 2.29. The quantitative estimate of drug-likeness (QED) is 0.741. The van der Waals surface area contributed by atoms with Gasteiger partial charge in [-0.1, -0.05) is 29.8 Å². The van der Waals surface area contributed by atoms with Gasteiger partial charge in [0.25, 0.3) is 0 Å². The van der Waals surface area contributed by atoms with Crippen molar-refractivity contribution in [3.05, 3.63) is 35.4 Å². The molecule has 0 radical (unpaired) electrons. The number of benzene rings is 1. The van der Waals surface area contributed by atoms with Crippen molar-refractivity contribution in [3.63, 3.8) is 0 Å². The van der Waals surface area contributed by atoms with Crippen molar-refractivity contribution >= 4 is 5.91 Å². The SMILES string of the molecule is Cc1ccc([C@@H](O)CN2CCC([C@H](O)C(N)=O)CC2)cc1. The van der Waals surface area contributed by atoms with Crippen molar-refractivity contribution in [1.82, 2.24) is 4.90 Å². The van der Waals surface area contributed by atoms with Gasteiger partial charge in [0.2, 0.25) is 5.91 Å². The number of aliphatic hydroxyl groups excluding tert-OH is 2. The Hall–Kier alpha value is -1.43. The zero-order chi connectivity index (χ0) is 15.4. The molecule has 1 aromatic rings. The maximum absolute atomic E-state index is 11.0. The van der Waals surface area contributed by atoms with Gasteiger partial charge in [0.05, 0.1) is 6.10 Å². The number of β-amino-alcohol motifs (C(OH)–C–C–N with tert-alkyl or cyclic N) is 1. The molecule has 1 amide bonds. The van der Waals surface area contributed by atoms with Gasteiger partial charge in [0.1, 0.15) is 6.10 Å². The molecular formula is C16H24N2O3. The van der Waals surface area contributed by atoms with Crippen molar-refractivity contribution in [1.29, 1.82) is 0 Å². The van der Waals surface area contributed by atoms with Crippen LogP contribution in [-0.4, -0.2) is 46.8 Å². The number of amides is 1. The minimum absolute atomic E-state index is 0.0599. The maximum atomic E-state index is 11.0. The number of likely N-dealkylation sites (tertiary alicyclic amines) is 1. The van der Waals surface area contributed by atoms with Crippen molar-refractivity contribution in [2.45, 2.75) is 32.0 Å². The van der Waals surface area contributed by atoms with Gasteiger partial charge in [-0.25, -0.2) is 0 Å². The van der Waals surface area contributed by atoms with Crippen molar-refractivity contribution in [3.8, 4) is 0 Å². The molecule has 1 heterocycles. The van der Waals surface area contributed by atoms with Gasteiger partial charge in [-0.15, -0.1) is 0 Å². The number of primary amides is 1. The molecule has 0 aliphatic carbocycles. The number of hydrogen-bond donors (Lipinski definition) is 3. The Balaban J connectivity index is 1.83. The Morgan fingerprint density at radius 2 is 1.86 bits per heavy atom. The number of carbonyl (C=O) groups excluding carboxylic acids is 1. The van der Waals surface area contributed by atoms with Crippen LogP contribution in [0.2, 0.25) is 0 Å². The van der Waals surface area contributed by atoms with Gasteiger partial charge in [-0.05, 0) is 44.3 Å². The van der Waals surface area contributed by atoms with E-state index in [2.05, 4.69) is 4.90 Å². The van der Waals surface area contributed by atoms with Crippen LogP contribution in [0.1, 0.15) is 30.1 Å². The van der Waals surface area contributed by atoms with Crippen LogP contribution in [0, 0.1) is 12.8 Å². The lowest BCUT2D eigenvalue weighted by Gasteiger charge is -2.34. The van der Waals surface area contributed by atoms with Crippen LogP contribution in [0.3, 0.4) is 0 Å². The molecule has 5 nitrogen and oxygen atoms in total. The van der Waals surface area contributed by atoms with Crippen molar-refractivity contribution < 1.29 is 15.0 Å². The number of carbonyl (C=O) groups is 1. The molecule has 1 saturated heterocycles. The zero-order valence-electron chi connectivity index (χ0n) is 12.4. The molecule has 0 bridgehead atoms. The third-order valence-electron chi connectivity index (χ3n) is 4.26.